The largest absolute Gasteiger partial charge is 0.361 e. The fourth-order valence-electron chi connectivity index (χ4n) is 5.57. The van der Waals surface area contributed by atoms with E-state index in [1.807, 2.05) is 0 Å². The van der Waals surface area contributed by atoms with Crippen LogP contribution in [0, 0.1) is 16.0 Å². The Bertz CT molecular complexity index is 1130. The number of methoxy groups -OCH3 is 1. The topological polar surface area (TPSA) is 85.5 Å². The monoisotopic (exact) mass is 421 g/mol. The van der Waals surface area contributed by atoms with Crippen LogP contribution in [0.3, 0.4) is 0 Å². The van der Waals surface area contributed by atoms with Crippen molar-refractivity contribution >= 4 is 22.4 Å². The first kappa shape index (κ1) is 20.0. The van der Waals surface area contributed by atoms with Gasteiger partial charge in [-0.3, -0.25) is 10.1 Å². The fourth-order valence-corrected chi connectivity index (χ4v) is 5.57. The van der Waals surface area contributed by atoms with Gasteiger partial charge in [-0.15, -0.1) is 0 Å². The Morgan fingerprint density at radius 3 is 2.84 bits per heavy atom. The molecule has 4 atom stereocenters. The third-order valence-corrected chi connectivity index (χ3v) is 6.99. The number of hydrogen-bond donors (Lipinski definition) is 1. The molecule has 1 aliphatic carbocycles. The molecule has 2 aromatic heterocycles. The van der Waals surface area contributed by atoms with Gasteiger partial charge in [-0.2, -0.15) is 0 Å². The van der Waals surface area contributed by atoms with Crippen LogP contribution in [0.15, 0.2) is 42.7 Å². The zero-order valence-corrected chi connectivity index (χ0v) is 18.0. The smallest absolute Gasteiger partial charge is 0.287 e. The lowest BCUT2D eigenvalue weighted by Gasteiger charge is -2.47. The maximum Gasteiger partial charge on any atom is 0.287 e. The van der Waals surface area contributed by atoms with Crippen molar-refractivity contribution in [3.05, 3.63) is 64.0 Å². The number of nitro groups is 1. The summed E-state index contributed by atoms with van der Waals surface area (Å²) in [6, 6.07) is 10.2. The van der Waals surface area contributed by atoms with Gasteiger partial charge in [0.05, 0.1) is 4.92 Å². The molecular weight excluding hydrogens is 394 g/mol. The van der Waals surface area contributed by atoms with Crippen LogP contribution < -0.4 is 5.32 Å². The van der Waals surface area contributed by atoms with E-state index in [0.717, 1.165) is 19.4 Å². The molecule has 162 valence electrons. The van der Waals surface area contributed by atoms with E-state index in [1.165, 1.54) is 34.3 Å². The minimum absolute atomic E-state index is 0.0197. The molecule has 1 saturated heterocycles. The molecule has 8 nitrogen and oxygen atoms in total. The molecule has 0 saturated carbocycles. The molecule has 0 bridgehead atoms. The van der Waals surface area contributed by atoms with Crippen LogP contribution in [0.5, 0.6) is 0 Å². The lowest BCUT2D eigenvalue weighted by Crippen LogP contribution is -2.51. The minimum Gasteiger partial charge on any atom is -0.361 e. The van der Waals surface area contributed by atoms with Crippen LogP contribution in [-0.4, -0.2) is 52.3 Å². The Hall–Kier alpha value is -2.97. The van der Waals surface area contributed by atoms with Gasteiger partial charge in [-0.1, -0.05) is 12.1 Å². The van der Waals surface area contributed by atoms with Crippen molar-refractivity contribution in [3.8, 4) is 0 Å². The Labute approximate surface area is 181 Å². The second kappa shape index (κ2) is 7.62. The number of rotatable bonds is 5. The lowest BCUT2D eigenvalue weighted by molar-refractivity contribution is -0.385. The summed E-state index contributed by atoms with van der Waals surface area (Å²) in [5.74, 6) is 1.28. The molecule has 1 fully saturated rings. The number of nitrogens with zero attached hydrogens (tertiary/aromatic N) is 4. The van der Waals surface area contributed by atoms with Crippen molar-refractivity contribution in [1.82, 2.24) is 14.5 Å². The molecule has 1 N–H and O–H groups in total. The number of likely N-dealkylation sites (tertiary alicyclic amines) is 1. The van der Waals surface area contributed by atoms with Crippen LogP contribution in [0.25, 0.3) is 10.9 Å². The van der Waals surface area contributed by atoms with E-state index >= 15 is 0 Å². The van der Waals surface area contributed by atoms with Crippen molar-refractivity contribution < 1.29 is 9.66 Å². The van der Waals surface area contributed by atoms with E-state index in [1.54, 1.807) is 13.2 Å². The molecule has 1 aliphatic heterocycles. The normalized spacial score (nSPS) is 24.0. The predicted octanol–water partition coefficient (Wildman–Crippen LogP) is 3.53. The Balaban J connectivity index is 1.41. The number of benzene rings is 1. The molecule has 3 aromatic rings. The first-order valence-corrected chi connectivity index (χ1v) is 10.6. The van der Waals surface area contributed by atoms with Gasteiger partial charge >= 0.3 is 0 Å². The predicted molar refractivity (Wildman–Crippen MR) is 119 cm³/mol. The average molecular weight is 422 g/mol. The van der Waals surface area contributed by atoms with Crippen molar-refractivity contribution in [2.75, 3.05) is 26.0 Å². The van der Waals surface area contributed by atoms with Crippen molar-refractivity contribution in [1.29, 1.82) is 0 Å². The van der Waals surface area contributed by atoms with Crippen LogP contribution in [-0.2, 0) is 18.2 Å². The van der Waals surface area contributed by atoms with E-state index in [9.17, 15) is 10.1 Å². The van der Waals surface area contributed by atoms with Crippen molar-refractivity contribution in [2.45, 2.75) is 31.0 Å². The molecule has 2 unspecified atom stereocenters. The Morgan fingerprint density at radius 2 is 2.13 bits per heavy atom. The number of anilines is 1. The summed E-state index contributed by atoms with van der Waals surface area (Å²) in [6.45, 7) is 0.914. The summed E-state index contributed by atoms with van der Waals surface area (Å²) in [4.78, 5) is 17.1. The highest BCUT2D eigenvalue weighted by Gasteiger charge is 2.42. The second-order valence-corrected chi connectivity index (χ2v) is 8.78. The maximum absolute atomic E-state index is 10.9. The molecular formula is C23H27N5O3. The third-order valence-electron chi connectivity index (χ3n) is 6.99. The van der Waals surface area contributed by atoms with E-state index in [0.29, 0.717) is 17.8 Å². The molecule has 8 heteroatoms. The SMILES string of the molecule is COC(Nc1ccc([N+](=O)[O-])cn1)[C@@H]1CC2c3cccc4c3c(cn4C)C[C@H]2N(C)C1. The third kappa shape index (κ3) is 3.36. The lowest BCUT2D eigenvalue weighted by atomic mass is 9.72. The van der Waals surface area contributed by atoms with Gasteiger partial charge in [-0.05, 0) is 43.1 Å². The number of hydrogen-bond acceptors (Lipinski definition) is 6. The van der Waals surface area contributed by atoms with E-state index in [-0.39, 0.29) is 17.8 Å². The second-order valence-electron chi connectivity index (χ2n) is 8.78. The highest BCUT2D eigenvalue weighted by atomic mass is 16.6. The standard InChI is InChI=1S/C23H27N5O3/c1-26-12-14-10-20-18(17-5-4-6-19(26)22(14)17)9-15(13-27(20)2)23(31-3)25-21-8-7-16(11-24-21)28(29)30/h4-8,11-12,15,18,20,23H,9-10,13H2,1-3H3,(H,24,25)/t15-,18?,20-,23?/m1/s1. The first-order valence-electron chi connectivity index (χ1n) is 10.6. The van der Waals surface area contributed by atoms with Gasteiger partial charge in [-0.25, -0.2) is 4.98 Å². The summed E-state index contributed by atoms with van der Waals surface area (Å²) >= 11 is 0. The molecule has 3 heterocycles. The van der Waals surface area contributed by atoms with Gasteiger partial charge in [0.25, 0.3) is 5.69 Å². The number of aromatic nitrogens is 2. The van der Waals surface area contributed by atoms with Gasteiger partial charge in [0.2, 0.25) is 0 Å². The quantitative estimate of drug-likeness (QED) is 0.385. The molecule has 2 aliphatic rings. The average Bonchev–Trinajstić information content (AvgIpc) is 3.09. The van der Waals surface area contributed by atoms with Gasteiger partial charge in [0.1, 0.15) is 18.2 Å². The summed E-state index contributed by atoms with van der Waals surface area (Å²) < 4.78 is 8.07. The number of likely N-dealkylation sites (N-methyl/N-ethyl adjacent to an activating group) is 1. The number of aryl methyl sites for hydroxylation is 1. The first-order chi connectivity index (χ1) is 15.0. The minimum atomic E-state index is -0.442. The molecule has 0 radical (unpaired) electrons. The van der Waals surface area contributed by atoms with Crippen LogP contribution in [0.4, 0.5) is 11.5 Å². The fraction of sp³-hybridized carbons (Fsp3) is 0.435. The summed E-state index contributed by atoms with van der Waals surface area (Å²) in [5, 5.41) is 15.6. The summed E-state index contributed by atoms with van der Waals surface area (Å²) in [5.41, 5.74) is 4.15. The van der Waals surface area contributed by atoms with Crippen molar-refractivity contribution in [2.24, 2.45) is 13.0 Å². The summed E-state index contributed by atoms with van der Waals surface area (Å²) in [7, 11) is 6.03. The Morgan fingerprint density at radius 1 is 1.29 bits per heavy atom. The number of piperidine rings is 1. The Kier molecular flexibility index (Phi) is 4.91. The van der Waals surface area contributed by atoms with Crippen LogP contribution in [0.2, 0.25) is 0 Å². The molecule has 0 spiro atoms. The summed E-state index contributed by atoms with van der Waals surface area (Å²) in [6.07, 6.45) is 5.41. The zero-order chi connectivity index (χ0) is 21.7. The van der Waals surface area contributed by atoms with Crippen LogP contribution >= 0.6 is 0 Å². The van der Waals surface area contributed by atoms with E-state index in [2.05, 4.69) is 58.3 Å². The van der Waals surface area contributed by atoms with Gasteiger partial charge in [0, 0.05) is 61.7 Å². The van der Waals surface area contributed by atoms with E-state index in [4.69, 9.17) is 4.74 Å². The van der Waals surface area contributed by atoms with Gasteiger partial charge in [0.15, 0.2) is 0 Å². The van der Waals surface area contributed by atoms with E-state index < -0.39 is 4.92 Å². The van der Waals surface area contributed by atoms with Gasteiger partial charge < -0.3 is 19.5 Å². The number of pyridine rings is 1. The van der Waals surface area contributed by atoms with Crippen LogP contribution in [0.1, 0.15) is 23.5 Å². The van der Waals surface area contributed by atoms with Crippen molar-refractivity contribution in [3.63, 3.8) is 0 Å². The highest BCUT2D eigenvalue weighted by molar-refractivity contribution is 5.89. The molecule has 0 amide bonds. The number of nitrogens with one attached hydrogen (secondary N) is 1. The highest BCUT2D eigenvalue weighted by Crippen LogP contribution is 2.45. The maximum atomic E-state index is 10.9. The number of fused-ring (bicyclic) bond motifs is 2. The molecule has 1 aromatic carbocycles. The molecule has 5 rings (SSSR count). The molecule has 31 heavy (non-hydrogen) atoms. The zero-order valence-electron chi connectivity index (χ0n) is 18.0. The number of ether oxygens (including phenoxy) is 1.